The SMILES string of the molecule is COC(CCCCCCCCCCCCCCCC(CSSCC(CCCCCCCCCCCCCCCC(OC)[SiH](C)C)c1nc2ccccc2s1)c1nc2ccccc2s1)[SiH](C)C. The fourth-order valence-electron chi connectivity index (χ4n) is 9.75. The molecule has 0 aliphatic rings. The second-order valence-corrected chi connectivity index (χ2v) is 31.5. The van der Waals surface area contributed by atoms with Crippen LogP contribution >= 0.6 is 44.3 Å². The van der Waals surface area contributed by atoms with Crippen LogP contribution in [-0.2, 0) is 9.47 Å². The fraction of sp³-hybridized carbons (Fsp3) is 0.750. The molecule has 0 saturated carbocycles. The van der Waals surface area contributed by atoms with Crippen molar-refractivity contribution in [3.8, 4) is 0 Å². The molecule has 0 aliphatic heterocycles. The predicted octanol–water partition coefficient (Wildman–Crippen LogP) is 18.9. The molecular weight excluding hydrogens is 917 g/mol. The number of thiazole rings is 2. The maximum Gasteiger partial charge on any atom is 0.0978 e. The molecule has 2 heterocycles. The average Bonchev–Trinajstić information content (AvgIpc) is 3.96. The van der Waals surface area contributed by atoms with Gasteiger partial charge in [0.2, 0.25) is 0 Å². The Labute approximate surface area is 425 Å². The first kappa shape index (κ1) is 57.8. The summed E-state index contributed by atoms with van der Waals surface area (Å²) >= 11 is 3.88. The lowest BCUT2D eigenvalue weighted by Crippen LogP contribution is -2.26. The molecule has 4 nitrogen and oxygen atoms in total. The minimum Gasteiger partial charge on any atom is -0.385 e. The van der Waals surface area contributed by atoms with Crippen molar-refractivity contribution in [2.75, 3.05) is 25.7 Å². The van der Waals surface area contributed by atoms with Crippen LogP contribution in [0.15, 0.2) is 48.5 Å². The number of para-hydroxylation sites is 2. The van der Waals surface area contributed by atoms with Crippen LogP contribution in [0.4, 0.5) is 0 Å². The van der Waals surface area contributed by atoms with Crippen molar-refractivity contribution >= 4 is 82.3 Å². The van der Waals surface area contributed by atoms with Gasteiger partial charge in [-0.2, -0.15) is 0 Å². The van der Waals surface area contributed by atoms with E-state index >= 15 is 0 Å². The fourth-order valence-corrected chi connectivity index (χ4v) is 17.8. The van der Waals surface area contributed by atoms with Crippen LogP contribution in [0.1, 0.15) is 214 Å². The van der Waals surface area contributed by atoms with Gasteiger partial charge < -0.3 is 9.47 Å². The molecule has 0 saturated heterocycles. The number of unbranched alkanes of at least 4 members (excludes halogenated alkanes) is 24. The highest BCUT2D eigenvalue weighted by Crippen LogP contribution is 2.40. The van der Waals surface area contributed by atoms with E-state index in [4.69, 9.17) is 19.4 Å². The molecule has 374 valence electrons. The van der Waals surface area contributed by atoms with Gasteiger partial charge in [-0.3, -0.25) is 0 Å². The number of rotatable bonds is 43. The maximum atomic E-state index is 5.70. The molecule has 0 aliphatic carbocycles. The monoisotopic (exact) mass is 1010 g/mol. The number of ether oxygens (including phenoxy) is 2. The summed E-state index contributed by atoms with van der Waals surface area (Å²) in [6.07, 6.45) is 41.4. The van der Waals surface area contributed by atoms with Crippen molar-refractivity contribution in [2.45, 2.75) is 242 Å². The van der Waals surface area contributed by atoms with E-state index in [-0.39, 0.29) is 0 Å². The molecule has 0 amide bonds. The predicted molar refractivity (Wildman–Crippen MR) is 307 cm³/mol. The Balaban J connectivity index is 1.09. The number of benzene rings is 2. The Kier molecular flexibility index (Phi) is 32.5. The molecule has 4 aromatic rings. The summed E-state index contributed by atoms with van der Waals surface area (Å²) < 4.78 is 14.1. The summed E-state index contributed by atoms with van der Waals surface area (Å²) in [6.45, 7) is 9.66. The first-order chi connectivity index (χ1) is 32.4. The van der Waals surface area contributed by atoms with Crippen molar-refractivity contribution in [3.05, 3.63) is 58.5 Å². The third-order valence-electron chi connectivity index (χ3n) is 14.1. The molecule has 2 aromatic carbocycles. The molecule has 2 aromatic heterocycles. The Morgan fingerprint density at radius 1 is 0.409 bits per heavy atom. The molecule has 66 heavy (non-hydrogen) atoms. The summed E-state index contributed by atoms with van der Waals surface area (Å²) in [5, 5.41) is 2.71. The summed E-state index contributed by atoms with van der Waals surface area (Å²) in [6, 6.07) is 17.5. The summed E-state index contributed by atoms with van der Waals surface area (Å²) in [5.74, 6) is 3.38. The third-order valence-corrected chi connectivity index (χ3v) is 23.3. The first-order valence-electron chi connectivity index (χ1n) is 27.4. The summed E-state index contributed by atoms with van der Waals surface area (Å²) in [7, 11) is 6.69. The zero-order valence-electron chi connectivity index (χ0n) is 43.1. The molecule has 0 fully saturated rings. The normalized spacial score (nSPS) is 14.0. The molecular formula is C56H96N2O2S4Si2. The van der Waals surface area contributed by atoms with Gasteiger partial charge in [0.05, 0.1) is 48.0 Å². The zero-order chi connectivity index (χ0) is 46.9. The summed E-state index contributed by atoms with van der Waals surface area (Å²) in [5.41, 5.74) is 3.51. The van der Waals surface area contributed by atoms with Gasteiger partial charge in [0.1, 0.15) is 0 Å². The van der Waals surface area contributed by atoms with Crippen molar-refractivity contribution in [1.82, 2.24) is 9.97 Å². The van der Waals surface area contributed by atoms with Gasteiger partial charge in [0, 0.05) is 49.0 Å². The van der Waals surface area contributed by atoms with E-state index in [1.165, 1.54) is 223 Å². The third kappa shape index (κ3) is 24.4. The minimum absolute atomic E-state index is 0.537. The van der Waals surface area contributed by atoms with E-state index < -0.39 is 17.6 Å². The molecule has 0 radical (unpaired) electrons. The Bertz CT molecular complexity index is 1560. The van der Waals surface area contributed by atoms with Crippen molar-refractivity contribution in [1.29, 1.82) is 0 Å². The largest absolute Gasteiger partial charge is 0.385 e. The second-order valence-electron chi connectivity index (χ2n) is 20.4. The highest BCUT2D eigenvalue weighted by Gasteiger charge is 2.20. The molecule has 0 spiro atoms. The Morgan fingerprint density at radius 3 is 0.955 bits per heavy atom. The van der Waals surface area contributed by atoms with E-state index in [1.54, 1.807) is 0 Å². The standard InChI is InChI=1S/C56H96N2O2S4Si2/c1-59-53(65(3)4)43-31-27-23-19-15-11-7-9-13-17-21-25-29-37-47(55-57-49-39-33-35-41-51(49)63-55)45-61-62-46-48(56-58-50-40-34-36-42-52(50)64-56)38-30-26-22-18-14-10-8-12-16-20-24-28-32-44-54(60-2)66(5)6/h33-36,39-42,47-48,53-54,65-66H,7-32,37-38,43-46H2,1-6H3. The van der Waals surface area contributed by atoms with Crippen LogP contribution in [0.3, 0.4) is 0 Å². The first-order valence-corrected chi connectivity index (χ1v) is 37.5. The number of hydrogen-bond acceptors (Lipinski definition) is 8. The minimum atomic E-state index is -0.663. The van der Waals surface area contributed by atoms with E-state index in [9.17, 15) is 0 Å². The van der Waals surface area contributed by atoms with Crippen molar-refractivity contribution in [3.63, 3.8) is 0 Å². The van der Waals surface area contributed by atoms with Gasteiger partial charge >= 0.3 is 0 Å². The number of aromatic nitrogens is 2. The number of nitrogens with zero attached hydrogens (tertiary/aromatic N) is 2. The van der Waals surface area contributed by atoms with Crippen LogP contribution in [0.2, 0.25) is 26.2 Å². The lowest BCUT2D eigenvalue weighted by Gasteiger charge is -2.17. The number of hydrogen-bond donors (Lipinski definition) is 0. The molecule has 10 heteroatoms. The molecule has 0 N–H and O–H groups in total. The Hall–Kier alpha value is -0.726. The zero-order valence-corrected chi connectivity index (χ0v) is 48.6. The molecule has 4 unspecified atom stereocenters. The number of methoxy groups -OCH3 is 2. The molecule has 4 atom stereocenters. The van der Waals surface area contributed by atoms with E-state index in [0.717, 1.165) is 11.5 Å². The van der Waals surface area contributed by atoms with Crippen LogP contribution in [0.5, 0.6) is 0 Å². The van der Waals surface area contributed by atoms with Crippen molar-refractivity contribution < 1.29 is 9.47 Å². The van der Waals surface area contributed by atoms with Crippen LogP contribution in [-0.4, -0.2) is 64.7 Å². The quantitative estimate of drug-likeness (QED) is 0.0250. The van der Waals surface area contributed by atoms with E-state index in [2.05, 4.69) is 96.3 Å². The maximum absolute atomic E-state index is 5.70. The second kappa shape index (κ2) is 37.1. The highest BCUT2D eigenvalue weighted by molar-refractivity contribution is 8.76. The van der Waals surface area contributed by atoms with Crippen LogP contribution in [0.25, 0.3) is 20.4 Å². The van der Waals surface area contributed by atoms with Gasteiger partial charge in [0.15, 0.2) is 0 Å². The molecule has 4 rings (SSSR count). The van der Waals surface area contributed by atoms with Crippen LogP contribution in [0, 0.1) is 0 Å². The van der Waals surface area contributed by atoms with Gasteiger partial charge in [-0.05, 0) is 49.9 Å². The van der Waals surface area contributed by atoms with Crippen LogP contribution < -0.4 is 0 Å². The Morgan fingerprint density at radius 2 is 0.682 bits per heavy atom. The average molecular weight is 1010 g/mol. The number of fused-ring (bicyclic) bond motifs is 2. The van der Waals surface area contributed by atoms with Gasteiger partial charge in [-0.25, -0.2) is 9.97 Å². The lowest BCUT2D eigenvalue weighted by molar-refractivity contribution is 0.151. The van der Waals surface area contributed by atoms with Gasteiger partial charge in [-0.15, -0.1) is 22.7 Å². The van der Waals surface area contributed by atoms with Crippen molar-refractivity contribution in [2.24, 2.45) is 0 Å². The lowest BCUT2D eigenvalue weighted by atomic mass is 10.0. The van der Waals surface area contributed by atoms with Gasteiger partial charge in [-0.1, -0.05) is 239 Å². The molecule has 0 bridgehead atoms. The van der Waals surface area contributed by atoms with E-state index in [0.29, 0.717) is 23.3 Å². The topological polar surface area (TPSA) is 44.2 Å². The summed E-state index contributed by atoms with van der Waals surface area (Å²) in [4.78, 5) is 10.4. The smallest absolute Gasteiger partial charge is 0.0978 e. The van der Waals surface area contributed by atoms with E-state index in [1.807, 2.05) is 36.9 Å². The van der Waals surface area contributed by atoms with Gasteiger partial charge in [0.25, 0.3) is 0 Å². The highest BCUT2D eigenvalue weighted by atomic mass is 33.1.